The van der Waals surface area contributed by atoms with E-state index in [-0.39, 0.29) is 0 Å². The summed E-state index contributed by atoms with van der Waals surface area (Å²) in [5, 5.41) is 0. The maximum atomic E-state index is 5.65. The summed E-state index contributed by atoms with van der Waals surface area (Å²) in [6.45, 7) is 7.15. The SMILES string of the molecule is CC/C(CN)=C(\CC)OCCOCCOC. The Morgan fingerprint density at radius 2 is 1.69 bits per heavy atom. The van der Waals surface area contributed by atoms with E-state index < -0.39 is 0 Å². The van der Waals surface area contributed by atoms with E-state index in [0.29, 0.717) is 33.0 Å². The molecule has 4 nitrogen and oxygen atoms in total. The van der Waals surface area contributed by atoms with Gasteiger partial charge in [-0.3, -0.25) is 0 Å². The zero-order valence-corrected chi connectivity index (χ0v) is 10.8. The number of methoxy groups -OCH3 is 1. The van der Waals surface area contributed by atoms with Crippen molar-refractivity contribution in [3.05, 3.63) is 11.3 Å². The van der Waals surface area contributed by atoms with Gasteiger partial charge in [0.1, 0.15) is 6.61 Å². The first kappa shape index (κ1) is 15.4. The summed E-state index contributed by atoms with van der Waals surface area (Å²) in [6.07, 6.45) is 1.84. The van der Waals surface area contributed by atoms with Crippen LogP contribution in [-0.2, 0) is 14.2 Å². The van der Waals surface area contributed by atoms with Crippen molar-refractivity contribution in [2.75, 3.05) is 40.1 Å². The van der Waals surface area contributed by atoms with Gasteiger partial charge in [0.2, 0.25) is 0 Å². The Morgan fingerprint density at radius 3 is 2.19 bits per heavy atom. The molecule has 16 heavy (non-hydrogen) atoms. The van der Waals surface area contributed by atoms with Crippen LogP contribution in [-0.4, -0.2) is 40.1 Å². The summed E-state index contributed by atoms with van der Waals surface area (Å²) < 4.78 is 15.8. The average molecular weight is 231 g/mol. The fourth-order valence-electron chi connectivity index (χ4n) is 1.38. The molecule has 0 spiro atoms. The Labute approximate surface area is 98.7 Å². The molecule has 4 heteroatoms. The van der Waals surface area contributed by atoms with Gasteiger partial charge in [0.05, 0.1) is 25.6 Å². The summed E-state index contributed by atoms with van der Waals surface area (Å²) in [7, 11) is 1.66. The van der Waals surface area contributed by atoms with E-state index in [1.54, 1.807) is 7.11 Å². The Kier molecular flexibility index (Phi) is 10.5. The first-order chi connectivity index (χ1) is 7.79. The lowest BCUT2D eigenvalue weighted by Gasteiger charge is -2.13. The van der Waals surface area contributed by atoms with Crippen molar-refractivity contribution in [2.45, 2.75) is 26.7 Å². The van der Waals surface area contributed by atoms with Gasteiger partial charge in [0, 0.05) is 20.1 Å². The first-order valence-electron chi connectivity index (χ1n) is 5.90. The summed E-state index contributed by atoms with van der Waals surface area (Å²) in [5.41, 5.74) is 6.84. The van der Waals surface area contributed by atoms with Gasteiger partial charge in [-0.15, -0.1) is 0 Å². The van der Waals surface area contributed by atoms with Crippen LogP contribution in [0.1, 0.15) is 26.7 Å². The predicted molar refractivity (Wildman–Crippen MR) is 65.3 cm³/mol. The summed E-state index contributed by atoms with van der Waals surface area (Å²) >= 11 is 0. The molecule has 0 aromatic rings. The lowest BCUT2D eigenvalue weighted by molar-refractivity contribution is 0.0399. The van der Waals surface area contributed by atoms with E-state index >= 15 is 0 Å². The van der Waals surface area contributed by atoms with Crippen LogP contribution in [0.2, 0.25) is 0 Å². The second kappa shape index (κ2) is 10.9. The molecule has 0 atom stereocenters. The normalized spacial score (nSPS) is 12.5. The van der Waals surface area contributed by atoms with Crippen LogP contribution in [0.5, 0.6) is 0 Å². The molecule has 0 aromatic heterocycles. The molecule has 0 saturated heterocycles. The van der Waals surface area contributed by atoms with Gasteiger partial charge >= 0.3 is 0 Å². The van der Waals surface area contributed by atoms with Crippen LogP contribution in [0.15, 0.2) is 11.3 Å². The van der Waals surface area contributed by atoms with E-state index in [2.05, 4.69) is 13.8 Å². The maximum Gasteiger partial charge on any atom is 0.111 e. The standard InChI is InChI=1S/C12H25NO3/c1-4-11(10-13)12(5-2)16-9-8-15-7-6-14-3/h4-10,13H2,1-3H3/b12-11-. The van der Waals surface area contributed by atoms with Crippen LogP contribution in [0.3, 0.4) is 0 Å². The molecule has 0 aliphatic rings. The van der Waals surface area contributed by atoms with Crippen LogP contribution >= 0.6 is 0 Å². The molecular formula is C12H25NO3. The maximum absolute atomic E-state index is 5.65. The van der Waals surface area contributed by atoms with Gasteiger partial charge in [-0.1, -0.05) is 13.8 Å². The van der Waals surface area contributed by atoms with Gasteiger partial charge in [-0.2, -0.15) is 0 Å². The lowest BCUT2D eigenvalue weighted by Crippen LogP contribution is -2.11. The molecule has 0 fully saturated rings. The molecule has 0 aromatic carbocycles. The largest absolute Gasteiger partial charge is 0.496 e. The van der Waals surface area contributed by atoms with Crippen molar-refractivity contribution < 1.29 is 14.2 Å². The van der Waals surface area contributed by atoms with Crippen LogP contribution in [0.4, 0.5) is 0 Å². The van der Waals surface area contributed by atoms with E-state index in [0.717, 1.165) is 18.6 Å². The minimum atomic E-state index is 0.574. The molecule has 0 rings (SSSR count). The Morgan fingerprint density at radius 1 is 1.00 bits per heavy atom. The van der Waals surface area contributed by atoms with Gasteiger partial charge < -0.3 is 19.9 Å². The summed E-state index contributed by atoms with van der Waals surface area (Å²) in [5.74, 6) is 1.01. The molecule has 0 aliphatic heterocycles. The van der Waals surface area contributed by atoms with Crippen LogP contribution < -0.4 is 5.73 Å². The minimum Gasteiger partial charge on any atom is -0.496 e. The van der Waals surface area contributed by atoms with E-state index in [1.165, 1.54) is 5.57 Å². The van der Waals surface area contributed by atoms with Crippen molar-refractivity contribution in [1.29, 1.82) is 0 Å². The van der Waals surface area contributed by atoms with E-state index in [1.807, 2.05) is 0 Å². The average Bonchev–Trinajstić information content (AvgIpc) is 2.32. The van der Waals surface area contributed by atoms with Crippen LogP contribution in [0, 0.1) is 0 Å². The number of rotatable bonds is 10. The second-order valence-corrected chi connectivity index (χ2v) is 3.39. The lowest BCUT2D eigenvalue weighted by atomic mass is 10.1. The smallest absolute Gasteiger partial charge is 0.111 e. The Bertz CT molecular complexity index is 187. The highest BCUT2D eigenvalue weighted by atomic mass is 16.5. The minimum absolute atomic E-state index is 0.574. The highest BCUT2D eigenvalue weighted by Crippen LogP contribution is 2.12. The molecular weight excluding hydrogens is 206 g/mol. The molecule has 0 amide bonds. The van der Waals surface area contributed by atoms with E-state index in [9.17, 15) is 0 Å². The fourth-order valence-corrected chi connectivity index (χ4v) is 1.38. The molecule has 0 heterocycles. The zero-order valence-electron chi connectivity index (χ0n) is 10.8. The monoisotopic (exact) mass is 231 g/mol. The number of hydrogen-bond donors (Lipinski definition) is 1. The van der Waals surface area contributed by atoms with Gasteiger partial charge in [0.15, 0.2) is 0 Å². The third kappa shape index (κ3) is 6.82. The Hall–Kier alpha value is -0.580. The molecule has 0 unspecified atom stereocenters. The summed E-state index contributed by atoms with van der Waals surface area (Å²) in [6, 6.07) is 0. The van der Waals surface area contributed by atoms with Crippen molar-refractivity contribution in [3.8, 4) is 0 Å². The molecule has 2 N–H and O–H groups in total. The second-order valence-electron chi connectivity index (χ2n) is 3.39. The number of ether oxygens (including phenoxy) is 3. The third-order valence-corrected chi connectivity index (χ3v) is 2.32. The summed E-state index contributed by atoms with van der Waals surface area (Å²) in [4.78, 5) is 0. The van der Waals surface area contributed by atoms with Gasteiger partial charge in [-0.05, 0) is 12.0 Å². The molecule has 0 aliphatic carbocycles. The molecule has 0 radical (unpaired) electrons. The van der Waals surface area contributed by atoms with Crippen LogP contribution in [0.25, 0.3) is 0 Å². The fraction of sp³-hybridized carbons (Fsp3) is 0.833. The Balaban J connectivity index is 3.75. The molecule has 0 saturated carbocycles. The predicted octanol–water partition coefficient (Wildman–Crippen LogP) is 1.70. The number of hydrogen-bond acceptors (Lipinski definition) is 4. The molecule has 96 valence electrons. The third-order valence-electron chi connectivity index (χ3n) is 2.32. The zero-order chi connectivity index (χ0) is 12.2. The number of allylic oxidation sites excluding steroid dienone is 1. The highest BCUT2D eigenvalue weighted by molar-refractivity contribution is 5.09. The molecule has 0 bridgehead atoms. The topological polar surface area (TPSA) is 53.7 Å². The van der Waals surface area contributed by atoms with E-state index in [4.69, 9.17) is 19.9 Å². The quantitative estimate of drug-likeness (QED) is 0.459. The van der Waals surface area contributed by atoms with Crippen molar-refractivity contribution in [3.63, 3.8) is 0 Å². The van der Waals surface area contributed by atoms with Gasteiger partial charge in [0.25, 0.3) is 0 Å². The van der Waals surface area contributed by atoms with Gasteiger partial charge in [-0.25, -0.2) is 0 Å². The first-order valence-corrected chi connectivity index (χ1v) is 5.90. The van der Waals surface area contributed by atoms with Crippen molar-refractivity contribution >= 4 is 0 Å². The number of nitrogens with two attached hydrogens (primary N) is 1. The van der Waals surface area contributed by atoms with Crippen molar-refractivity contribution in [2.24, 2.45) is 5.73 Å². The highest BCUT2D eigenvalue weighted by Gasteiger charge is 2.03. The van der Waals surface area contributed by atoms with Crippen molar-refractivity contribution in [1.82, 2.24) is 0 Å².